The fourth-order valence-corrected chi connectivity index (χ4v) is 1.69. The monoisotopic (exact) mass is 225 g/mol. The number of carboxylic acids is 1. The average Bonchev–Trinajstić information content (AvgIpc) is 2.26. The van der Waals surface area contributed by atoms with Crippen molar-refractivity contribution >= 4 is 23.6 Å². The van der Waals surface area contributed by atoms with E-state index in [2.05, 4.69) is 5.32 Å². The summed E-state index contributed by atoms with van der Waals surface area (Å²) in [5, 5.41) is 11.2. The maximum atomic E-state index is 10.9. The van der Waals surface area contributed by atoms with Gasteiger partial charge in [-0.3, -0.25) is 4.79 Å². The predicted octanol–water partition coefficient (Wildman–Crippen LogP) is 1.22. The van der Waals surface area contributed by atoms with Gasteiger partial charge in [0.05, 0.1) is 11.3 Å². The molecule has 2 N–H and O–H groups in total. The van der Waals surface area contributed by atoms with Gasteiger partial charge in [-0.1, -0.05) is 0 Å². The highest BCUT2D eigenvalue weighted by atomic mass is 32.2. The topological polar surface area (TPSA) is 66.4 Å². The quantitative estimate of drug-likeness (QED) is 0.756. The molecule has 0 spiro atoms. The molecule has 0 unspecified atom stereocenters. The highest BCUT2D eigenvalue weighted by molar-refractivity contribution is 8.00. The van der Waals surface area contributed by atoms with Gasteiger partial charge in [-0.25, -0.2) is 4.79 Å². The third-order valence-electron chi connectivity index (χ3n) is 1.75. The van der Waals surface area contributed by atoms with Crippen LogP contribution in [0.25, 0.3) is 0 Å². The molecule has 15 heavy (non-hydrogen) atoms. The Morgan fingerprint density at radius 2 is 1.93 bits per heavy atom. The average molecular weight is 225 g/mol. The van der Waals surface area contributed by atoms with Crippen molar-refractivity contribution in [2.45, 2.75) is 4.90 Å². The lowest BCUT2D eigenvalue weighted by Gasteiger charge is -2.01. The van der Waals surface area contributed by atoms with Crippen LogP contribution in [0, 0.1) is 0 Å². The Hall–Kier alpha value is -1.49. The summed E-state index contributed by atoms with van der Waals surface area (Å²) in [5.41, 5.74) is 0.249. The van der Waals surface area contributed by atoms with Gasteiger partial charge in [-0.2, -0.15) is 0 Å². The van der Waals surface area contributed by atoms with Crippen molar-refractivity contribution in [2.24, 2.45) is 0 Å². The second-order valence-corrected chi connectivity index (χ2v) is 3.84. The Bertz CT molecular complexity index is 361. The fraction of sp³-hybridized carbons (Fsp3) is 0.200. The third-order valence-corrected chi connectivity index (χ3v) is 2.76. The molecule has 0 atom stereocenters. The first-order valence-corrected chi connectivity index (χ1v) is 5.29. The van der Waals surface area contributed by atoms with Crippen molar-refractivity contribution in [3.05, 3.63) is 29.8 Å². The molecule has 0 aliphatic carbocycles. The Labute approximate surface area is 91.7 Å². The maximum absolute atomic E-state index is 10.9. The van der Waals surface area contributed by atoms with Crippen LogP contribution in [0.15, 0.2) is 29.2 Å². The first-order chi connectivity index (χ1) is 7.13. The normalized spacial score (nSPS) is 9.67. The van der Waals surface area contributed by atoms with Gasteiger partial charge in [0, 0.05) is 11.9 Å². The molecule has 4 nitrogen and oxygen atoms in total. The zero-order chi connectivity index (χ0) is 11.3. The van der Waals surface area contributed by atoms with Gasteiger partial charge in [-0.05, 0) is 24.3 Å². The van der Waals surface area contributed by atoms with E-state index in [4.69, 9.17) is 5.11 Å². The van der Waals surface area contributed by atoms with Gasteiger partial charge in [0.15, 0.2) is 0 Å². The minimum atomic E-state index is -0.946. The Morgan fingerprint density at radius 1 is 1.33 bits per heavy atom. The lowest BCUT2D eigenvalue weighted by Crippen LogP contribution is -2.19. The number of aromatic carboxylic acids is 1. The summed E-state index contributed by atoms with van der Waals surface area (Å²) in [6, 6.07) is 6.43. The van der Waals surface area contributed by atoms with E-state index >= 15 is 0 Å². The number of hydrogen-bond acceptors (Lipinski definition) is 3. The molecule has 0 bridgehead atoms. The summed E-state index contributed by atoms with van der Waals surface area (Å²) >= 11 is 1.37. The zero-order valence-corrected chi connectivity index (χ0v) is 9.00. The highest BCUT2D eigenvalue weighted by Crippen LogP contribution is 2.17. The van der Waals surface area contributed by atoms with Crippen LogP contribution in [-0.2, 0) is 4.79 Å². The first kappa shape index (κ1) is 11.6. The van der Waals surface area contributed by atoms with Crippen molar-refractivity contribution in [3.8, 4) is 0 Å². The number of carboxylic acid groups (broad SMARTS) is 1. The zero-order valence-electron chi connectivity index (χ0n) is 8.19. The minimum absolute atomic E-state index is 0.0534. The SMILES string of the molecule is CNC(=O)CSc1ccc(C(=O)O)cc1. The molecule has 5 heteroatoms. The van der Waals surface area contributed by atoms with Crippen molar-refractivity contribution < 1.29 is 14.7 Å². The van der Waals surface area contributed by atoms with Gasteiger partial charge in [0.2, 0.25) is 5.91 Å². The van der Waals surface area contributed by atoms with Gasteiger partial charge in [-0.15, -0.1) is 11.8 Å². The number of thioether (sulfide) groups is 1. The molecular formula is C10H11NO3S. The van der Waals surface area contributed by atoms with Crippen LogP contribution in [0.2, 0.25) is 0 Å². The van der Waals surface area contributed by atoms with Crippen LogP contribution < -0.4 is 5.32 Å². The second kappa shape index (κ2) is 5.41. The molecule has 1 rings (SSSR count). The molecule has 0 heterocycles. The predicted molar refractivity (Wildman–Crippen MR) is 58.2 cm³/mol. The van der Waals surface area contributed by atoms with Crippen LogP contribution in [0.5, 0.6) is 0 Å². The molecule has 0 saturated heterocycles. The smallest absolute Gasteiger partial charge is 0.335 e. The molecule has 0 aromatic heterocycles. The van der Waals surface area contributed by atoms with E-state index in [9.17, 15) is 9.59 Å². The summed E-state index contributed by atoms with van der Waals surface area (Å²) in [4.78, 5) is 22.4. The van der Waals surface area contributed by atoms with Gasteiger partial charge in [0.25, 0.3) is 0 Å². The molecule has 0 radical (unpaired) electrons. The number of amides is 1. The first-order valence-electron chi connectivity index (χ1n) is 4.30. The number of carbonyl (C=O) groups is 2. The summed E-state index contributed by atoms with van der Waals surface area (Å²) < 4.78 is 0. The fourth-order valence-electron chi connectivity index (χ4n) is 0.915. The van der Waals surface area contributed by atoms with Crippen molar-refractivity contribution in [1.29, 1.82) is 0 Å². The number of carbonyl (C=O) groups excluding carboxylic acids is 1. The maximum Gasteiger partial charge on any atom is 0.335 e. The van der Waals surface area contributed by atoms with Gasteiger partial charge >= 0.3 is 5.97 Å². The number of hydrogen-bond donors (Lipinski definition) is 2. The Balaban J connectivity index is 2.57. The van der Waals surface area contributed by atoms with Crippen LogP contribution in [0.4, 0.5) is 0 Å². The van der Waals surface area contributed by atoms with Crippen molar-refractivity contribution in [3.63, 3.8) is 0 Å². The Kier molecular flexibility index (Phi) is 4.17. The summed E-state index contributed by atoms with van der Waals surface area (Å²) in [6.07, 6.45) is 0. The van der Waals surface area contributed by atoms with E-state index < -0.39 is 5.97 Å². The molecule has 1 amide bonds. The highest BCUT2D eigenvalue weighted by Gasteiger charge is 2.03. The Morgan fingerprint density at radius 3 is 2.40 bits per heavy atom. The molecule has 0 aliphatic rings. The van der Waals surface area contributed by atoms with Crippen LogP contribution in [-0.4, -0.2) is 29.8 Å². The van der Waals surface area contributed by atoms with E-state index in [1.54, 1.807) is 19.2 Å². The van der Waals surface area contributed by atoms with Crippen LogP contribution >= 0.6 is 11.8 Å². The molecular weight excluding hydrogens is 214 g/mol. The molecule has 0 fully saturated rings. The van der Waals surface area contributed by atoms with E-state index in [1.807, 2.05) is 0 Å². The van der Waals surface area contributed by atoms with Gasteiger partial charge in [0.1, 0.15) is 0 Å². The van der Waals surface area contributed by atoms with Crippen molar-refractivity contribution in [2.75, 3.05) is 12.8 Å². The van der Waals surface area contributed by atoms with E-state index in [0.717, 1.165) is 4.90 Å². The standard InChI is InChI=1S/C10H11NO3S/c1-11-9(12)6-15-8-4-2-7(3-5-8)10(13)14/h2-5H,6H2,1H3,(H,11,12)(H,13,14). The lowest BCUT2D eigenvalue weighted by molar-refractivity contribution is -0.118. The number of rotatable bonds is 4. The molecule has 1 aromatic carbocycles. The number of benzene rings is 1. The van der Waals surface area contributed by atoms with E-state index in [1.165, 1.54) is 23.9 Å². The number of nitrogens with one attached hydrogen (secondary N) is 1. The van der Waals surface area contributed by atoms with Crippen LogP contribution in [0.3, 0.4) is 0 Å². The molecule has 0 aliphatic heterocycles. The summed E-state index contributed by atoms with van der Waals surface area (Å²) in [6.45, 7) is 0. The largest absolute Gasteiger partial charge is 0.478 e. The summed E-state index contributed by atoms with van der Waals surface area (Å²) in [5.74, 6) is -0.664. The van der Waals surface area contributed by atoms with E-state index in [-0.39, 0.29) is 11.5 Å². The van der Waals surface area contributed by atoms with Crippen LogP contribution in [0.1, 0.15) is 10.4 Å². The van der Waals surface area contributed by atoms with Crippen molar-refractivity contribution in [1.82, 2.24) is 5.32 Å². The molecule has 1 aromatic rings. The minimum Gasteiger partial charge on any atom is -0.478 e. The second-order valence-electron chi connectivity index (χ2n) is 2.79. The summed E-state index contributed by atoms with van der Waals surface area (Å²) in [7, 11) is 1.58. The molecule has 0 saturated carbocycles. The van der Waals surface area contributed by atoms with Gasteiger partial charge < -0.3 is 10.4 Å². The molecule has 80 valence electrons. The van der Waals surface area contributed by atoms with E-state index in [0.29, 0.717) is 5.75 Å². The lowest BCUT2D eigenvalue weighted by atomic mass is 10.2. The third kappa shape index (κ3) is 3.63.